The van der Waals surface area contributed by atoms with Gasteiger partial charge in [0.05, 0.1) is 13.2 Å². The van der Waals surface area contributed by atoms with Crippen LogP contribution in [0, 0.1) is 17.8 Å². The molecule has 28 heavy (non-hydrogen) atoms. The van der Waals surface area contributed by atoms with E-state index in [9.17, 15) is 9.59 Å². The molecule has 4 atom stereocenters. The summed E-state index contributed by atoms with van der Waals surface area (Å²) in [5.41, 5.74) is 0.634. The minimum Gasteiger partial charge on any atom is -0.497 e. The summed E-state index contributed by atoms with van der Waals surface area (Å²) in [4.78, 5) is 27.4. The highest BCUT2D eigenvalue weighted by Gasteiger charge is 2.53. The number of hydrogen-bond donors (Lipinski definition) is 1. The highest BCUT2D eigenvalue weighted by Crippen LogP contribution is 2.45. The van der Waals surface area contributed by atoms with Crippen molar-refractivity contribution in [3.63, 3.8) is 0 Å². The van der Waals surface area contributed by atoms with Crippen LogP contribution in [0.1, 0.15) is 43.0 Å². The predicted molar refractivity (Wildman–Crippen MR) is 105 cm³/mol. The number of fused-ring (bicyclic) bond motifs is 1. The van der Waals surface area contributed by atoms with E-state index in [-0.39, 0.29) is 23.8 Å². The van der Waals surface area contributed by atoms with Gasteiger partial charge < -0.3 is 19.7 Å². The Morgan fingerprint density at radius 3 is 2.75 bits per heavy atom. The first kappa shape index (κ1) is 19.2. The van der Waals surface area contributed by atoms with Gasteiger partial charge in [-0.2, -0.15) is 0 Å². The molecule has 2 aliphatic heterocycles. The molecule has 1 aromatic carbocycles. The number of nitrogens with zero attached hydrogens (tertiary/aromatic N) is 1. The van der Waals surface area contributed by atoms with Crippen LogP contribution < -0.4 is 10.1 Å². The Labute approximate surface area is 166 Å². The molecule has 1 N–H and O–H groups in total. The number of nitrogens with one attached hydrogen (secondary N) is 1. The SMILES string of the molecule is CC[C@@H]1[C@@H](NC(=O)C2CCN(C(=O)c3cccc(OC)c3)CC2)[C@@H]2CCO[C@H]12. The summed E-state index contributed by atoms with van der Waals surface area (Å²) >= 11 is 0. The Balaban J connectivity index is 1.30. The first-order valence-corrected chi connectivity index (χ1v) is 10.5. The smallest absolute Gasteiger partial charge is 0.253 e. The third-order valence-corrected chi connectivity index (χ3v) is 6.78. The largest absolute Gasteiger partial charge is 0.497 e. The number of ether oxygens (including phenoxy) is 2. The van der Waals surface area contributed by atoms with E-state index in [4.69, 9.17) is 9.47 Å². The molecule has 0 radical (unpaired) electrons. The van der Waals surface area contributed by atoms with Crippen molar-refractivity contribution in [2.45, 2.75) is 44.8 Å². The Kier molecular flexibility index (Phi) is 5.58. The predicted octanol–water partition coefficient (Wildman–Crippen LogP) is 2.48. The minimum atomic E-state index is -0.00626. The molecule has 3 fully saturated rings. The van der Waals surface area contributed by atoms with Gasteiger partial charge in [0.25, 0.3) is 5.91 Å². The third kappa shape index (κ3) is 3.50. The molecule has 1 saturated carbocycles. The molecular weight excluding hydrogens is 356 g/mol. The van der Waals surface area contributed by atoms with Crippen LogP contribution in [0.15, 0.2) is 24.3 Å². The molecule has 1 aliphatic carbocycles. The van der Waals surface area contributed by atoms with E-state index < -0.39 is 0 Å². The number of carbonyl (C=O) groups excluding carboxylic acids is 2. The van der Waals surface area contributed by atoms with Crippen molar-refractivity contribution in [2.75, 3.05) is 26.8 Å². The van der Waals surface area contributed by atoms with Crippen LogP contribution in [0.25, 0.3) is 0 Å². The number of benzene rings is 1. The highest BCUT2D eigenvalue weighted by molar-refractivity contribution is 5.94. The van der Waals surface area contributed by atoms with E-state index in [1.54, 1.807) is 13.2 Å². The number of methoxy groups -OCH3 is 1. The van der Waals surface area contributed by atoms with Crippen LogP contribution in [0.2, 0.25) is 0 Å². The van der Waals surface area contributed by atoms with Gasteiger partial charge in [-0.3, -0.25) is 9.59 Å². The van der Waals surface area contributed by atoms with Gasteiger partial charge >= 0.3 is 0 Å². The van der Waals surface area contributed by atoms with E-state index in [2.05, 4.69) is 12.2 Å². The molecule has 2 heterocycles. The molecule has 0 unspecified atom stereocenters. The molecule has 0 spiro atoms. The van der Waals surface area contributed by atoms with E-state index in [0.29, 0.717) is 42.3 Å². The maximum atomic E-state index is 12.8. The van der Waals surface area contributed by atoms with Gasteiger partial charge in [0.15, 0.2) is 0 Å². The summed E-state index contributed by atoms with van der Waals surface area (Å²) in [6, 6.07) is 7.50. The lowest BCUT2D eigenvalue weighted by atomic mass is 9.65. The standard InChI is InChI=1S/C22H30N2O4/c1-3-17-19(18-9-12-28-20(17)18)23-21(25)14-7-10-24(11-8-14)22(26)15-5-4-6-16(13-15)27-2/h4-6,13-14,17-20H,3,7-12H2,1-2H3,(H,23,25)/t17-,18+,19-,20-/m1/s1. The van der Waals surface area contributed by atoms with Crippen molar-refractivity contribution in [2.24, 2.45) is 17.8 Å². The van der Waals surface area contributed by atoms with Crippen molar-refractivity contribution in [3.8, 4) is 5.75 Å². The van der Waals surface area contributed by atoms with Gasteiger partial charge in [-0.15, -0.1) is 0 Å². The Morgan fingerprint density at radius 2 is 2.04 bits per heavy atom. The average Bonchev–Trinajstić information content (AvgIpc) is 3.16. The van der Waals surface area contributed by atoms with Crippen LogP contribution in [0.3, 0.4) is 0 Å². The summed E-state index contributed by atoms with van der Waals surface area (Å²) in [5.74, 6) is 1.78. The Hall–Kier alpha value is -2.08. The van der Waals surface area contributed by atoms with Gasteiger partial charge in [0, 0.05) is 49.1 Å². The third-order valence-electron chi connectivity index (χ3n) is 6.78. The number of hydrogen-bond acceptors (Lipinski definition) is 4. The van der Waals surface area contributed by atoms with Crippen molar-refractivity contribution in [3.05, 3.63) is 29.8 Å². The number of piperidine rings is 1. The number of likely N-dealkylation sites (tertiary alicyclic amines) is 1. The molecule has 1 aromatic rings. The minimum absolute atomic E-state index is 0.00626. The zero-order valence-electron chi connectivity index (χ0n) is 16.7. The molecule has 0 aromatic heterocycles. The van der Waals surface area contributed by atoms with Crippen LogP contribution in [-0.2, 0) is 9.53 Å². The van der Waals surface area contributed by atoms with Crippen LogP contribution in [0.4, 0.5) is 0 Å². The van der Waals surface area contributed by atoms with E-state index >= 15 is 0 Å². The molecule has 0 bridgehead atoms. The van der Waals surface area contributed by atoms with Gasteiger partial charge in [0.2, 0.25) is 5.91 Å². The lowest BCUT2D eigenvalue weighted by Crippen LogP contribution is -2.62. The second-order valence-corrected chi connectivity index (χ2v) is 8.19. The molecule has 6 heteroatoms. The quantitative estimate of drug-likeness (QED) is 0.844. The van der Waals surface area contributed by atoms with Gasteiger partial charge in [-0.05, 0) is 43.9 Å². The molecule has 6 nitrogen and oxygen atoms in total. The maximum Gasteiger partial charge on any atom is 0.253 e. The Bertz CT molecular complexity index is 729. The van der Waals surface area contributed by atoms with E-state index in [1.807, 2.05) is 23.1 Å². The fourth-order valence-electron chi connectivity index (χ4n) is 5.10. The van der Waals surface area contributed by atoms with Crippen molar-refractivity contribution in [1.82, 2.24) is 10.2 Å². The fraction of sp³-hybridized carbons (Fsp3) is 0.636. The first-order chi connectivity index (χ1) is 13.6. The topological polar surface area (TPSA) is 67.9 Å². The Morgan fingerprint density at radius 1 is 1.25 bits per heavy atom. The first-order valence-electron chi connectivity index (χ1n) is 10.5. The second kappa shape index (κ2) is 8.11. The lowest BCUT2D eigenvalue weighted by Gasteiger charge is -2.48. The molecule has 152 valence electrons. The van der Waals surface area contributed by atoms with Crippen LogP contribution >= 0.6 is 0 Å². The normalized spacial score (nSPS) is 29.7. The van der Waals surface area contributed by atoms with Crippen molar-refractivity contribution in [1.29, 1.82) is 0 Å². The second-order valence-electron chi connectivity index (χ2n) is 8.19. The highest BCUT2D eigenvalue weighted by atomic mass is 16.5. The van der Waals surface area contributed by atoms with Gasteiger partial charge in [-0.25, -0.2) is 0 Å². The lowest BCUT2D eigenvalue weighted by molar-refractivity contribution is -0.132. The average molecular weight is 386 g/mol. The van der Waals surface area contributed by atoms with Crippen molar-refractivity contribution >= 4 is 11.8 Å². The molecule has 4 rings (SSSR count). The van der Waals surface area contributed by atoms with E-state index in [1.165, 1.54) is 0 Å². The summed E-state index contributed by atoms with van der Waals surface area (Å²) in [7, 11) is 1.60. The monoisotopic (exact) mass is 386 g/mol. The molecule has 2 saturated heterocycles. The number of rotatable bonds is 5. The van der Waals surface area contributed by atoms with Gasteiger partial charge in [-0.1, -0.05) is 13.0 Å². The summed E-state index contributed by atoms with van der Waals surface area (Å²) in [5, 5.41) is 3.31. The zero-order chi connectivity index (χ0) is 19.7. The molecular formula is C22H30N2O4. The molecule has 2 amide bonds. The number of amides is 2. The molecule has 3 aliphatic rings. The maximum absolute atomic E-state index is 12.8. The number of carbonyl (C=O) groups is 2. The summed E-state index contributed by atoms with van der Waals surface area (Å²) in [6.07, 6.45) is 3.88. The fourth-order valence-corrected chi connectivity index (χ4v) is 5.10. The van der Waals surface area contributed by atoms with Gasteiger partial charge in [0.1, 0.15) is 5.75 Å². The van der Waals surface area contributed by atoms with Crippen molar-refractivity contribution < 1.29 is 19.1 Å². The van der Waals surface area contributed by atoms with E-state index in [0.717, 1.165) is 32.3 Å². The summed E-state index contributed by atoms with van der Waals surface area (Å²) in [6.45, 7) is 4.23. The van der Waals surface area contributed by atoms with Crippen LogP contribution in [0.5, 0.6) is 5.75 Å². The van der Waals surface area contributed by atoms with Crippen LogP contribution in [-0.4, -0.2) is 55.7 Å². The zero-order valence-corrected chi connectivity index (χ0v) is 16.7. The summed E-state index contributed by atoms with van der Waals surface area (Å²) < 4.78 is 11.0.